The number of anilines is 2. The second-order valence-corrected chi connectivity index (χ2v) is 5.85. The van der Waals surface area contributed by atoms with E-state index in [4.69, 9.17) is 11.5 Å². The molecule has 3 aromatic rings. The first-order valence-electron chi connectivity index (χ1n) is 6.38. The van der Waals surface area contributed by atoms with Crippen molar-refractivity contribution in [1.29, 1.82) is 0 Å². The Morgan fingerprint density at radius 3 is 2.71 bits per heavy atom. The Balaban J connectivity index is 1.76. The zero-order chi connectivity index (χ0) is 15.0. The van der Waals surface area contributed by atoms with Crippen LogP contribution < -0.4 is 11.5 Å². The van der Waals surface area contributed by atoms with E-state index in [1.165, 1.54) is 0 Å². The summed E-state index contributed by atoms with van der Waals surface area (Å²) in [5.74, 6) is 1.21. The summed E-state index contributed by atoms with van der Waals surface area (Å²) in [6, 6.07) is 0. The minimum atomic E-state index is 0.129. The lowest BCUT2D eigenvalue weighted by Crippen LogP contribution is -2.17. The second kappa shape index (κ2) is 5.26. The van der Waals surface area contributed by atoms with E-state index in [2.05, 4.69) is 29.8 Å². The standard InChI is InChI=1S/C12H16N8S/c1-6-5-21-8(15-6)4-20(2)3-7-16-9-10(13)18-12(14)19-11(9)17-7/h5H,3-4H2,1-2H3,(H5,13,14,16,17,18,19). The minimum Gasteiger partial charge on any atom is -0.382 e. The van der Waals surface area contributed by atoms with Gasteiger partial charge in [-0.05, 0) is 14.0 Å². The maximum absolute atomic E-state index is 5.80. The molecular weight excluding hydrogens is 288 g/mol. The van der Waals surface area contributed by atoms with Gasteiger partial charge in [0, 0.05) is 11.1 Å². The Labute approximate surface area is 125 Å². The fraction of sp³-hybridized carbons (Fsp3) is 0.333. The third-order valence-electron chi connectivity index (χ3n) is 2.94. The number of H-pyrrole nitrogens is 1. The van der Waals surface area contributed by atoms with E-state index in [0.717, 1.165) is 23.1 Å². The number of rotatable bonds is 4. The van der Waals surface area contributed by atoms with Crippen LogP contribution in [0.2, 0.25) is 0 Å². The van der Waals surface area contributed by atoms with Crippen molar-refractivity contribution in [2.24, 2.45) is 0 Å². The predicted octanol–water partition coefficient (Wildman–Crippen LogP) is 0.914. The summed E-state index contributed by atoms with van der Waals surface area (Å²) in [6.07, 6.45) is 0. The number of nitrogens with two attached hydrogens (primary N) is 2. The number of hydrogen-bond acceptors (Lipinski definition) is 8. The van der Waals surface area contributed by atoms with Gasteiger partial charge in [-0.15, -0.1) is 11.3 Å². The van der Waals surface area contributed by atoms with Crippen molar-refractivity contribution in [3.8, 4) is 0 Å². The van der Waals surface area contributed by atoms with Crippen molar-refractivity contribution in [3.05, 3.63) is 21.9 Å². The number of fused-ring (bicyclic) bond motifs is 1. The summed E-state index contributed by atoms with van der Waals surface area (Å²) in [4.78, 5) is 22.1. The SMILES string of the molecule is Cc1csc(CN(C)Cc2nc3nc(N)nc(N)c3[nH]2)n1. The molecule has 0 atom stereocenters. The van der Waals surface area contributed by atoms with Gasteiger partial charge >= 0.3 is 0 Å². The van der Waals surface area contributed by atoms with Crippen LogP contribution >= 0.6 is 11.3 Å². The number of aromatic nitrogens is 5. The molecule has 0 saturated heterocycles. The number of nitrogens with one attached hydrogen (secondary N) is 1. The summed E-state index contributed by atoms with van der Waals surface area (Å²) >= 11 is 1.66. The molecular formula is C12H16N8S. The van der Waals surface area contributed by atoms with E-state index in [0.29, 0.717) is 23.5 Å². The van der Waals surface area contributed by atoms with Crippen molar-refractivity contribution < 1.29 is 0 Å². The number of nitrogen functional groups attached to an aromatic ring is 2. The fourth-order valence-electron chi connectivity index (χ4n) is 2.08. The molecule has 9 heteroatoms. The summed E-state index contributed by atoms with van der Waals surface area (Å²) in [7, 11) is 2.01. The van der Waals surface area contributed by atoms with Gasteiger partial charge in [-0.2, -0.15) is 9.97 Å². The lowest BCUT2D eigenvalue weighted by Gasteiger charge is -2.12. The first-order valence-corrected chi connectivity index (χ1v) is 7.26. The van der Waals surface area contributed by atoms with E-state index >= 15 is 0 Å². The number of aryl methyl sites for hydroxylation is 1. The molecule has 0 bridgehead atoms. The summed E-state index contributed by atoms with van der Waals surface area (Å²) in [5.41, 5.74) is 13.5. The number of aromatic amines is 1. The molecule has 0 fully saturated rings. The Morgan fingerprint density at radius 1 is 1.19 bits per heavy atom. The van der Waals surface area contributed by atoms with Gasteiger partial charge in [0.2, 0.25) is 5.95 Å². The van der Waals surface area contributed by atoms with Crippen molar-refractivity contribution in [1.82, 2.24) is 29.8 Å². The van der Waals surface area contributed by atoms with E-state index in [9.17, 15) is 0 Å². The Morgan fingerprint density at radius 2 is 2.00 bits per heavy atom. The molecule has 0 aliphatic heterocycles. The van der Waals surface area contributed by atoms with Gasteiger partial charge in [0.05, 0.1) is 13.1 Å². The Bertz CT molecular complexity index is 777. The molecule has 0 unspecified atom stereocenters. The molecule has 0 spiro atoms. The number of nitrogens with zero attached hydrogens (tertiary/aromatic N) is 5. The zero-order valence-electron chi connectivity index (χ0n) is 11.8. The molecule has 5 N–H and O–H groups in total. The van der Waals surface area contributed by atoms with Crippen LogP contribution in [0.15, 0.2) is 5.38 Å². The molecule has 0 aromatic carbocycles. The van der Waals surface area contributed by atoms with Crippen molar-refractivity contribution in [2.45, 2.75) is 20.0 Å². The van der Waals surface area contributed by atoms with Gasteiger partial charge in [0.1, 0.15) is 16.3 Å². The molecule has 21 heavy (non-hydrogen) atoms. The fourth-order valence-corrected chi connectivity index (χ4v) is 2.93. The molecule has 110 valence electrons. The number of imidazole rings is 1. The van der Waals surface area contributed by atoms with Crippen LogP contribution in [-0.2, 0) is 13.1 Å². The normalized spacial score (nSPS) is 11.6. The first-order chi connectivity index (χ1) is 10.0. The van der Waals surface area contributed by atoms with Gasteiger partial charge in [0.25, 0.3) is 0 Å². The largest absolute Gasteiger partial charge is 0.382 e. The van der Waals surface area contributed by atoms with Gasteiger partial charge in [-0.1, -0.05) is 0 Å². The van der Waals surface area contributed by atoms with Gasteiger partial charge in [0.15, 0.2) is 11.5 Å². The maximum Gasteiger partial charge on any atom is 0.224 e. The van der Waals surface area contributed by atoms with Crippen LogP contribution in [0, 0.1) is 6.92 Å². The van der Waals surface area contributed by atoms with Crippen molar-refractivity contribution in [2.75, 3.05) is 18.5 Å². The summed E-state index contributed by atoms with van der Waals surface area (Å²) in [6.45, 7) is 3.39. The van der Waals surface area contributed by atoms with Crippen LogP contribution in [0.1, 0.15) is 16.5 Å². The quantitative estimate of drug-likeness (QED) is 0.654. The minimum absolute atomic E-state index is 0.129. The van der Waals surface area contributed by atoms with Crippen molar-refractivity contribution >= 4 is 34.3 Å². The topological polar surface area (TPSA) is 123 Å². The Kier molecular flexibility index (Phi) is 3.43. The predicted molar refractivity (Wildman–Crippen MR) is 82.5 cm³/mol. The van der Waals surface area contributed by atoms with Gasteiger partial charge in [-0.3, -0.25) is 4.90 Å². The lowest BCUT2D eigenvalue weighted by atomic mass is 10.5. The molecule has 0 aliphatic carbocycles. The highest BCUT2D eigenvalue weighted by molar-refractivity contribution is 7.09. The summed E-state index contributed by atoms with van der Waals surface area (Å²) in [5, 5.41) is 3.12. The molecule has 0 radical (unpaired) electrons. The zero-order valence-corrected chi connectivity index (χ0v) is 12.6. The third kappa shape index (κ3) is 2.93. The molecule has 3 aromatic heterocycles. The van der Waals surface area contributed by atoms with Crippen molar-refractivity contribution in [3.63, 3.8) is 0 Å². The highest BCUT2D eigenvalue weighted by atomic mass is 32.1. The molecule has 0 amide bonds. The molecule has 3 rings (SSSR count). The lowest BCUT2D eigenvalue weighted by molar-refractivity contribution is 0.311. The van der Waals surface area contributed by atoms with Crippen LogP contribution in [0.4, 0.5) is 11.8 Å². The second-order valence-electron chi connectivity index (χ2n) is 4.90. The monoisotopic (exact) mass is 304 g/mol. The average Bonchev–Trinajstić information content (AvgIpc) is 2.95. The third-order valence-corrected chi connectivity index (χ3v) is 3.89. The van der Waals surface area contributed by atoms with Crippen LogP contribution in [0.5, 0.6) is 0 Å². The number of hydrogen-bond donors (Lipinski definition) is 3. The molecule has 3 heterocycles. The van der Waals surface area contributed by atoms with Gasteiger partial charge < -0.3 is 16.5 Å². The van der Waals surface area contributed by atoms with E-state index in [-0.39, 0.29) is 5.95 Å². The highest BCUT2D eigenvalue weighted by Gasteiger charge is 2.12. The number of thiazole rings is 1. The highest BCUT2D eigenvalue weighted by Crippen LogP contribution is 2.17. The first kappa shape index (κ1) is 13.7. The van der Waals surface area contributed by atoms with Crippen LogP contribution in [-0.4, -0.2) is 36.9 Å². The summed E-state index contributed by atoms with van der Waals surface area (Å²) < 4.78 is 0. The van der Waals surface area contributed by atoms with Gasteiger partial charge in [-0.25, -0.2) is 9.97 Å². The molecule has 8 nitrogen and oxygen atoms in total. The Hall–Kier alpha value is -2.26. The van der Waals surface area contributed by atoms with E-state index in [1.807, 2.05) is 19.4 Å². The van der Waals surface area contributed by atoms with Crippen LogP contribution in [0.25, 0.3) is 11.2 Å². The van der Waals surface area contributed by atoms with E-state index < -0.39 is 0 Å². The van der Waals surface area contributed by atoms with E-state index in [1.54, 1.807) is 11.3 Å². The average molecular weight is 304 g/mol. The van der Waals surface area contributed by atoms with Crippen LogP contribution in [0.3, 0.4) is 0 Å². The molecule has 0 saturated carbocycles. The molecule has 0 aliphatic rings. The smallest absolute Gasteiger partial charge is 0.224 e. The maximum atomic E-state index is 5.80.